The van der Waals surface area contributed by atoms with Crippen LogP contribution in [-0.2, 0) is 38.4 Å². The van der Waals surface area contributed by atoms with Crippen molar-refractivity contribution < 1.29 is 60.2 Å². The van der Waals surface area contributed by atoms with Crippen molar-refractivity contribution in [2.75, 3.05) is 34.0 Å². The summed E-state index contributed by atoms with van der Waals surface area (Å²) in [5.74, 6) is -1.34. The van der Waals surface area contributed by atoms with Gasteiger partial charge in [-0.2, -0.15) is 8.42 Å². The van der Waals surface area contributed by atoms with E-state index in [9.17, 15) is 32.4 Å². The second kappa shape index (κ2) is 22.3. The van der Waals surface area contributed by atoms with Crippen LogP contribution in [0, 0.1) is 22.7 Å². The Labute approximate surface area is 443 Å². The Morgan fingerprint density at radius 3 is 2.14 bits per heavy atom. The highest BCUT2D eigenvalue weighted by atomic mass is 79.9. The molecule has 1 saturated heterocycles. The number of ether oxygens (including phenoxy) is 6. The van der Waals surface area contributed by atoms with E-state index in [2.05, 4.69) is 48.4 Å². The number of allylic oxidation sites excluding steroid dienone is 1. The molecule has 0 unspecified atom stereocenters. The van der Waals surface area contributed by atoms with E-state index in [4.69, 9.17) is 32.6 Å². The molecule has 5 atom stereocenters. The van der Waals surface area contributed by atoms with Crippen LogP contribution in [0.3, 0.4) is 0 Å². The second-order valence-corrected chi connectivity index (χ2v) is 23.6. The number of likely N-dealkylation sites (tertiary alicyclic amines) is 1. The molecule has 398 valence electrons. The molecule has 2 aromatic carbocycles. The molecule has 2 aromatic heterocycles. The standard InChI is InChI=1S/C40H54BrN3O11S.C12H12BrNO3/c1-11-23-20-40(23,36(48)43-56(49,50)55-39(9)15-16-39)21-28(45)27-17-24(22-44(27)35(47)26(37(3,4)5)18-32(46)54-38(6,7)8)53-30-19-31(52-12-2)42-34-25(30)13-14-29(51-10)33(34)41;1-3-17-10-6-8(15)7-4-5-9(16-2)11(13)12(7)14-10/h11,13-14,19,23-24,26-27H,1,12,15-18,20-22H2,2-10H3,(H,43,48);4-6H,3H2,1-2H3,(H,14,15)/t23-,24-,26-,27+,40-;/m1./s1. The lowest BCUT2D eigenvalue weighted by Gasteiger charge is -2.35. The van der Waals surface area contributed by atoms with Gasteiger partial charge in [0.25, 0.3) is 0 Å². The van der Waals surface area contributed by atoms with Crippen LogP contribution >= 0.6 is 31.9 Å². The molecule has 7 rings (SSSR count). The van der Waals surface area contributed by atoms with Gasteiger partial charge in [-0.1, -0.05) is 26.8 Å². The molecule has 2 saturated carbocycles. The molecule has 2 aliphatic carbocycles. The van der Waals surface area contributed by atoms with Gasteiger partial charge in [-0.15, -0.1) is 6.58 Å². The lowest BCUT2D eigenvalue weighted by Crippen LogP contribution is -2.49. The van der Waals surface area contributed by atoms with Crippen molar-refractivity contribution in [1.82, 2.24) is 19.6 Å². The molecule has 3 fully saturated rings. The lowest BCUT2D eigenvalue weighted by atomic mass is 9.77. The average molecular weight is 1160 g/mol. The van der Waals surface area contributed by atoms with Crippen LogP contribution in [0.4, 0.5) is 0 Å². The summed E-state index contributed by atoms with van der Waals surface area (Å²) in [6.45, 7) is 20.7. The highest BCUT2D eigenvalue weighted by Gasteiger charge is 2.61. The van der Waals surface area contributed by atoms with Gasteiger partial charge in [0.2, 0.25) is 17.7 Å². The first-order valence-corrected chi connectivity index (χ1v) is 27.1. The van der Waals surface area contributed by atoms with E-state index in [1.807, 2.05) is 39.3 Å². The monoisotopic (exact) mass is 1160 g/mol. The van der Waals surface area contributed by atoms with Gasteiger partial charge in [-0.25, -0.2) is 13.9 Å². The number of ketones is 1. The Bertz CT molecular complexity index is 2950. The Balaban J connectivity index is 0.000000429. The zero-order valence-electron chi connectivity index (χ0n) is 43.2. The van der Waals surface area contributed by atoms with Gasteiger partial charge in [-0.05, 0) is 128 Å². The van der Waals surface area contributed by atoms with Crippen LogP contribution < -0.4 is 33.8 Å². The fourth-order valence-electron chi connectivity index (χ4n) is 8.80. The maximum Gasteiger partial charge on any atom is 0.362 e. The fraction of sp³-hybridized carbons (Fsp3) is 0.538. The SMILES string of the molecule is C=C[C@@H]1C[C@]1(CC(=O)[C@@H]1C[C@@H](Oc2cc(OCC)nc3c(Br)c(OC)ccc23)CN1C(=O)[C@@H](CC(=O)OC(C)(C)C)C(C)(C)C)C(=O)NS(=O)(=O)OC1(C)CC1.CCOc1cc(=O)c2ccc(OC)c(Br)c2[nH]1. The molecule has 1 aliphatic heterocycles. The van der Waals surface area contributed by atoms with Crippen molar-refractivity contribution >= 4 is 87.5 Å². The Morgan fingerprint density at radius 2 is 1.58 bits per heavy atom. The lowest BCUT2D eigenvalue weighted by molar-refractivity contribution is -0.161. The number of esters is 1. The first-order chi connectivity index (χ1) is 34.1. The summed E-state index contributed by atoms with van der Waals surface area (Å²) in [7, 11) is -1.34. The minimum absolute atomic E-state index is 0.0217. The summed E-state index contributed by atoms with van der Waals surface area (Å²) < 4.78 is 68.2. The summed E-state index contributed by atoms with van der Waals surface area (Å²) in [5, 5.41) is 1.22. The van der Waals surface area contributed by atoms with E-state index in [0.717, 1.165) is 4.47 Å². The number of carbonyl (C=O) groups excluding carboxylic acids is 4. The minimum atomic E-state index is -4.46. The smallest absolute Gasteiger partial charge is 0.362 e. The first kappa shape index (κ1) is 57.0. The fourth-order valence-corrected chi connectivity index (χ4v) is 11.2. The second-order valence-electron chi connectivity index (χ2n) is 20.8. The van der Waals surface area contributed by atoms with Gasteiger partial charge >= 0.3 is 16.3 Å². The third kappa shape index (κ3) is 13.5. The van der Waals surface area contributed by atoms with Crippen molar-refractivity contribution in [1.29, 1.82) is 0 Å². The quantitative estimate of drug-likeness (QED) is 0.0660. The number of nitrogens with zero attached hydrogens (tertiary/aromatic N) is 2. The molecule has 21 heteroatoms. The number of H-pyrrole nitrogens is 1. The molecule has 2 N–H and O–H groups in total. The van der Waals surface area contributed by atoms with E-state index in [1.165, 1.54) is 17.0 Å². The zero-order chi connectivity index (χ0) is 54.0. The van der Waals surface area contributed by atoms with Crippen molar-refractivity contribution in [2.24, 2.45) is 22.7 Å². The number of pyridine rings is 2. The molecule has 0 bridgehead atoms. The zero-order valence-corrected chi connectivity index (χ0v) is 47.2. The van der Waals surface area contributed by atoms with Crippen molar-refractivity contribution in [3.63, 3.8) is 0 Å². The van der Waals surface area contributed by atoms with Crippen LogP contribution in [0.1, 0.15) is 101 Å². The largest absolute Gasteiger partial charge is 0.495 e. The number of fused-ring (bicyclic) bond motifs is 2. The number of aromatic nitrogens is 2. The van der Waals surface area contributed by atoms with E-state index < -0.39 is 79.9 Å². The maximum absolute atomic E-state index is 14.7. The van der Waals surface area contributed by atoms with Gasteiger partial charge < -0.3 is 38.3 Å². The minimum Gasteiger partial charge on any atom is -0.495 e. The number of Topliss-reactive ketones (excluding diaryl/α,β-unsaturated/α-hetero) is 1. The third-order valence-corrected chi connectivity index (χ3v) is 15.5. The van der Waals surface area contributed by atoms with Gasteiger partial charge in [0.1, 0.15) is 29.0 Å². The number of benzene rings is 2. The Kier molecular flexibility index (Phi) is 17.4. The van der Waals surface area contributed by atoms with E-state index >= 15 is 0 Å². The number of methoxy groups -OCH3 is 2. The normalized spacial score (nSPS) is 20.5. The summed E-state index contributed by atoms with van der Waals surface area (Å²) >= 11 is 6.99. The molecule has 18 nitrogen and oxygen atoms in total. The van der Waals surface area contributed by atoms with Crippen molar-refractivity contribution in [2.45, 2.75) is 124 Å². The predicted molar refractivity (Wildman–Crippen MR) is 281 cm³/mol. The van der Waals surface area contributed by atoms with Gasteiger partial charge in [0, 0.05) is 35.7 Å². The molecule has 0 radical (unpaired) electrons. The summed E-state index contributed by atoms with van der Waals surface area (Å²) in [4.78, 5) is 77.1. The maximum atomic E-state index is 14.7. The van der Waals surface area contributed by atoms with Crippen LogP contribution in [0.2, 0.25) is 0 Å². The van der Waals surface area contributed by atoms with Gasteiger partial charge in [0.15, 0.2) is 17.1 Å². The van der Waals surface area contributed by atoms with Crippen molar-refractivity contribution in [3.05, 3.63) is 68.2 Å². The molecular formula is C52H66Br2N4O14S. The average Bonchev–Trinajstić information content (AvgIpc) is 4.16. The van der Waals surface area contributed by atoms with Crippen LogP contribution in [0.5, 0.6) is 29.0 Å². The van der Waals surface area contributed by atoms with Gasteiger partial charge in [0.05, 0.1) is 83.4 Å². The number of aromatic amines is 1. The van der Waals surface area contributed by atoms with Crippen LogP contribution in [-0.4, -0.2) is 104 Å². The number of nitrogens with one attached hydrogen (secondary N) is 2. The molecular weight excluding hydrogens is 1100 g/mol. The highest BCUT2D eigenvalue weighted by molar-refractivity contribution is 9.11. The molecule has 3 heterocycles. The highest BCUT2D eigenvalue weighted by Crippen LogP contribution is 2.57. The Morgan fingerprint density at radius 1 is 0.945 bits per heavy atom. The van der Waals surface area contributed by atoms with E-state index in [-0.39, 0.29) is 37.7 Å². The van der Waals surface area contributed by atoms with Crippen molar-refractivity contribution in [3.8, 4) is 29.0 Å². The topological polar surface area (TPSA) is 228 Å². The summed E-state index contributed by atoms with van der Waals surface area (Å²) in [6, 6.07) is 9.06. The molecule has 0 spiro atoms. The molecule has 73 heavy (non-hydrogen) atoms. The number of rotatable bonds is 19. The predicted octanol–water partition coefficient (Wildman–Crippen LogP) is 8.93. The number of hydrogen-bond acceptors (Lipinski definition) is 15. The first-order valence-electron chi connectivity index (χ1n) is 24.1. The summed E-state index contributed by atoms with van der Waals surface area (Å²) in [5.41, 5.74) is -2.67. The van der Waals surface area contributed by atoms with Crippen LogP contribution in [0.15, 0.2) is 62.8 Å². The van der Waals surface area contributed by atoms with Gasteiger partial charge in [-0.3, -0.25) is 24.0 Å². The number of hydrogen-bond donors (Lipinski definition) is 2. The number of amides is 2. The summed E-state index contributed by atoms with van der Waals surface area (Å²) in [6.07, 6.45) is 1.52. The molecule has 3 aliphatic rings. The number of carbonyl (C=O) groups is 4. The molecule has 4 aromatic rings. The third-order valence-electron chi connectivity index (χ3n) is 12.9. The molecule has 2 amide bonds. The van der Waals surface area contributed by atoms with Crippen LogP contribution in [0.25, 0.3) is 21.8 Å². The van der Waals surface area contributed by atoms with E-state index in [0.29, 0.717) is 81.3 Å². The van der Waals surface area contributed by atoms with E-state index in [1.54, 1.807) is 72.2 Å². The number of halogens is 2. The Hall–Kier alpha value is -5.25.